The fraction of sp³-hybridized carbons (Fsp3) is 0.571. The van der Waals surface area contributed by atoms with E-state index >= 15 is 0 Å². The molecule has 0 saturated carbocycles. The smallest absolute Gasteiger partial charge is 0.154 e. The molecule has 1 aromatic rings. The molecule has 0 N–H and O–H groups in total. The summed E-state index contributed by atoms with van der Waals surface area (Å²) in [6, 6.07) is 10.2. The van der Waals surface area contributed by atoms with E-state index in [4.69, 9.17) is 14.2 Å². The van der Waals surface area contributed by atoms with Gasteiger partial charge in [-0.15, -0.1) is 0 Å². The topological polar surface area (TPSA) is 27.7 Å². The van der Waals surface area contributed by atoms with Crippen LogP contribution < -0.4 is 0 Å². The summed E-state index contributed by atoms with van der Waals surface area (Å²) in [5.41, 5.74) is 1.20. The minimum Gasteiger partial charge on any atom is -0.377 e. The van der Waals surface area contributed by atoms with E-state index in [0.29, 0.717) is 26.4 Å². The Morgan fingerprint density at radius 3 is 2.53 bits per heavy atom. The third-order valence-corrected chi connectivity index (χ3v) is 2.30. The second kappa shape index (κ2) is 9.16. The van der Waals surface area contributed by atoms with Gasteiger partial charge in [-0.2, -0.15) is 0 Å². The second-order valence-corrected chi connectivity index (χ2v) is 3.79. The van der Waals surface area contributed by atoms with Gasteiger partial charge in [-0.05, 0) is 25.8 Å². The first-order valence-corrected chi connectivity index (χ1v) is 6.17. The maximum Gasteiger partial charge on any atom is 0.154 e. The molecule has 3 nitrogen and oxygen atoms in total. The van der Waals surface area contributed by atoms with Crippen molar-refractivity contribution < 1.29 is 14.2 Å². The van der Waals surface area contributed by atoms with Crippen molar-refractivity contribution in [3.8, 4) is 0 Å². The lowest BCUT2D eigenvalue weighted by Crippen LogP contribution is -2.14. The number of benzene rings is 1. The lowest BCUT2D eigenvalue weighted by Gasteiger charge is -2.12. The van der Waals surface area contributed by atoms with Crippen LogP contribution in [0.4, 0.5) is 0 Å². The van der Waals surface area contributed by atoms with E-state index < -0.39 is 0 Å². The Morgan fingerprint density at radius 2 is 1.82 bits per heavy atom. The van der Waals surface area contributed by atoms with Gasteiger partial charge >= 0.3 is 0 Å². The average molecular weight is 238 g/mol. The van der Waals surface area contributed by atoms with Crippen molar-refractivity contribution in [1.29, 1.82) is 0 Å². The predicted molar refractivity (Wildman–Crippen MR) is 67.8 cm³/mol. The minimum absolute atomic E-state index is 0.117. The SMILES string of the molecule is CCOC(C)OCCCOCc1ccccc1. The summed E-state index contributed by atoms with van der Waals surface area (Å²) in [5.74, 6) is 0. The van der Waals surface area contributed by atoms with Gasteiger partial charge in [0.25, 0.3) is 0 Å². The van der Waals surface area contributed by atoms with Crippen molar-refractivity contribution in [3.63, 3.8) is 0 Å². The lowest BCUT2D eigenvalue weighted by molar-refractivity contribution is -0.129. The van der Waals surface area contributed by atoms with E-state index in [1.54, 1.807) is 0 Å². The van der Waals surface area contributed by atoms with Gasteiger partial charge in [0, 0.05) is 13.2 Å². The van der Waals surface area contributed by atoms with Crippen LogP contribution in [0.2, 0.25) is 0 Å². The third kappa shape index (κ3) is 7.10. The van der Waals surface area contributed by atoms with Crippen LogP contribution in [0.3, 0.4) is 0 Å². The van der Waals surface area contributed by atoms with Crippen molar-refractivity contribution in [2.75, 3.05) is 19.8 Å². The van der Waals surface area contributed by atoms with Crippen LogP contribution >= 0.6 is 0 Å². The van der Waals surface area contributed by atoms with Crippen LogP contribution in [0.5, 0.6) is 0 Å². The highest BCUT2D eigenvalue weighted by Crippen LogP contribution is 2.01. The molecule has 1 aromatic carbocycles. The van der Waals surface area contributed by atoms with Crippen molar-refractivity contribution in [3.05, 3.63) is 35.9 Å². The summed E-state index contributed by atoms with van der Waals surface area (Å²) in [7, 11) is 0. The molecule has 17 heavy (non-hydrogen) atoms. The normalized spacial score (nSPS) is 12.6. The maximum absolute atomic E-state index is 5.54. The van der Waals surface area contributed by atoms with E-state index in [-0.39, 0.29) is 6.29 Å². The number of hydrogen-bond acceptors (Lipinski definition) is 3. The van der Waals surface area contributed by atoms with Gasteiger partial charge in [0.05, 0.1) is 13.2 Å². The van der Waals surface area contributed by atoms with Crippen molar-refractivity contribution in [2.24, 2.45) is 0 Å². The van der Waals surface area contributed by atoms with Crippen LogP contribution in [0.1, 0.15) is 25.8 Å². The quantitative estimate of drug-likeness (QED) is 0.489. The summed E-state index contributed by atoms with van der Waals surface area (Å²) in [4.78, 5) is 0. The Labute approximate surface area is 104 Å². The summed E-state index contributed by atoms with van der Waals surface area (Å²) < 4.78 is 16.2. The van der Waals surface area contributed by atoms with Crippen molar-refractivity contribution in [1.82, 2.24) is 0 Å². The molecule has 3 heteroatoms. The molecule has 0 saturated heterocycles. The Hall–Kier alpha value is -0.900. The summed E-state index contributed by atoms with van der Waals surface area (Å²) >= 11 is 0. The van der Waals surface area contributed by atoms with E-state index in [2.05, 4.69) is 12.1 Å². The Balaban J connectivity index is 1.95. The van der Waals surface area contributed by atoms with Gasteiger partial charge in [-0.25, -0.2) is 0 Å². The average Bonchev–Trinajstić information content (AvgIpc) is 2.35. The molecule has 1 atom stereocenters. The largest absolute Gasteiger partial charge is 0.377 e. The van der Waals surface area contributed by atoms with Gasteiger partial charge in [0.2, 0.25) is 0 Å². The number of ether oxygens (including phenoxy) is 3. The molecule has 0 fully saturated rings. The van der Waals surface area contributed by atoms with Crippen LogP contribution in [0, 0.1) is 0 Å². The van der Waals surface area contributed by atoms with Gasteiger partial charge in [0.1, 0.15) is 0 Å². The second-order valence-electron chi connectivity index (χ2n) is 3.79. The van der Waals surface area contributed by atoms with Crippen molar-refractivity contribution >= 4 is 0 Å². The number of hydrogen-bond donors (Lipinski definition) is 0. The molecule has 0 radical (unpaired) electrons. The highest BCUT2D eigenvalue weighted by Gasteiger charge is 1.99. The van der Waals surface area contributed by atoms with Crippen LogP contribution in [0.25, 0.3) is 0 Å². The monoisotopic (exact) mass is 238 g/mol. The number of rotatable bonds is 9. The van der Waals surface area contributed by atoms with Gasteiger partial charge in [0.15, 0.2) is 6.29 Å². The zero-order valence-corrected chi connectivity index (χ0v) is 10.7. The molecule has 0 aliphatic rings. The van der Waals surface area contributed by atoms with E-state index in [1.165, 1.54) is 5.56 Å². The van der Waals surface area contributed by atoms with Crippen molar-refractivity contribution in [2.45, 2.75) is 33.2 Å². The van der Waals surface area contributed by atoms with Crippen LogP contribution in [0.15, 0.2) is 30.3 Å². The standard InChI is InChI=1S/C14H22O3/c1-3-16-13(2)17-11-7-10-15-12-14-8-5-4-6-9-14/h4-6,8-9,13H,3,7,10-12H2,1-2H3. The van der Waals surface area contributed by atoms with Gasteiger partial charge in [-0.1, -0.05) is 30.3 Å². The molecule has 0 aliphatic heterocycles. The fourth-order valence-electron chi connectivity index (χ4n) is 1.46. The zero-order chi connectivity index (χ0) is 12.3. The molecule has 1 rings (SSSR count). The molecule has 96 valence electrons. The molecule has 0 aliphatic carbocycles. The maximum atomic E-state index is 5.54. The first-order chi connectivity index (χ1) is 8.33. The molecule has 0 spiro atoms. The molecule has 0 aromatic heterocycles. The Kier molecular flexibility index (Phi) is 7.63. The minimum atomic E-state index is -0.117. The molecule has 0 bridgehead atoms. The summed E-state index contributed by atoms with van der Waals surface area (Å²) in [5, 5.41) is 0. The predicted octanol–water partition coefficient (Wildman–Crippen LogP) is 2.99. The van der Waals surface area contributed by atoms with Gasteiger partial charge < -0.3 is 14.2 Å². The van der Waals surface area contributed by atoms with Crippen LogP contribution in [-0.4, -0.2) is 26.1 Å². The highest BCUT2D eigenvalue weighted by molar-refractivity contribution is 5.13. The molecular weight excluding hydrogens is 216 g/mol. The van der Waals surface area contributed by atoms with Gasteiger partial charge in [-0.3, -0.25) is 0 Å². The van der Waals surface area contributed by atoms with E-state index in [9.17, 15) is 0 Å². The molecule has 1 unspecified atom stereocenters. The first kappa shape index (κ1) is 14.2. The first-order valence-electron chi connectivity index (χ1n) is 6.17. The third-order valence-electron chi connectivity index (χ3n) is 2.30. The fourth-order valence-corrected chi connectivity index (χ4v) is 1.46. The van der Waals surface area contributed by atoms with Crippen LogP contribution in [-0.2, 0) is 20.8 Å². The molecular formula is C14H22O3. The lowest BCUT2D eigenvalue weighted by atomic mass is 10.2. The molecule has 0 amide bonds. The zero-order valence-electron chi connectivity index (χ0n) is 10.7. The Bertz CT molecular complexity index is 274. The summed E-state index contributed by atoms with van der Waals surface area (Å²) in [6.45, 7) is 6.62. The highest BCUT2D eigenvalue weighted by atomic mass is 16.7. The Morgan fingerprint density at radius 1 is 1.06 bits per heavy atom. The summed E-state index contributed by atoms with van der Waals surface area (Å²) in [6.07, 6.45) is 0.777. The van der Waals surface area contributed by atoms with E-state index in [1.807, 2.05) is 32.0 Å². The van der Waals surface area contributed by atoms with E-state index in [0.717, 1.165) is 6.42 Å². The molecule has 0 heterocycles.